The van der Waals surface area contributed by atoms with E-state index in [2.05, 4.69) is 4.99 Å². The van der Waals surface area contributed by atoms with Crippen LogP contribution in [0.5, 0.6) is 0 Å². The van der Waals surface area contributed by atoms with E-state index in [1.54, 1.807) is 0 Å². The Kier molecular flexibility index (Phi) is 18.5. The quantitative estimate of drug-likeness (QED) is 0.0959. The zero-order valence-corrected chi connectivity index (χ0v) is 14.4. The molecule has 0 aromatic rings. The lowest BCUT2D eigenvalue weighted by Gasteiger charge is -2.24. The molecule has 0 saturated heterocycles. The van der Waals surface area contributed by atoms with Crippen molar-refractivity contribution in [2.75, 3.05) is 19.8 Å². The number of aliphatic carboxylic acids is 1. The van der Waals surface area contributed by atoms with Crippen LogP contribution in [0.15, 0.2) is 4.99 Å². The third-order valence-corrected chi connectivity index (χ3v) is 2.80. The van der Waals surface area contributed by atoms with Gasteiger partial charge in [0.15, 0.2) is 5.96 Å². The van der Waals surface area contributed by atoms with Crippen molar-refractivity contribution in [2.45, 2.75) is 43.3 Å². The van der Waals surface area contributed by atoms with Gasteiger partial charge < -0.3 is 52.9 Å². The van der Waals surface area contributed by atoms with E-state index in [-0.39, 0.29) is 18.4 Å². The molecule has 13 heteroatoms. The van der Waals surface area contributed by atoms with Crippen LogP contribution in [-0.2, 0) is 4.79 Å². The summed E-state index contributed by atoms with van der Waals surface area (Å²) < 4.78 is 0. The summed E-state index contributed by atoms with van der Waals surface area (Å²) in [5, 5.41) is 60.6. The smallest absolute Gasteiger partial charge is 0.320 e. The Bertz CT molecular complexity index is 359. The first-order valence-corrected chi connectivity index (χ1v) is 7.06. The van der Waals surface area contributed by atoms with Gasteiger partial charge in [-0.05, 0) is 12.8 Å². The fraction of sp³-hybridized carbons (Fsp3) is 0.833. The maximum Gasteiger partial charge on any atom is 0.320 e. The molecule has 25 heavy (non-hydrogen) atoms. The number of nitrogens with zero attached hydrogens (tertiary/aromatic N) is 1. The van der Waals surface area contributed by atoms with E-state index in [0.29, 0.717) is 19.4 Å². The molecule has 0 aromatic heterocycles. The first kappa shape index (κ1) is 28.5. The first-order valence-electron chi connectivity index (χ1n) is 7.06. The molecule has 0 amide bonds. The lowest BCUT2D eigenvalue weighted by atomic mass is 10.0. The second-order valence-corrected chi connectivity index (χ2v) is 4.87. The second kappa shape index (κ2) is 16.2. The number of aliphatic imine (C=N–C) groups is 1. The highest BCUT2D eigenvalue weighted by Crippen LogP contribution is 2.04. The molecule has 0 rings (SSSR count). The molecule has 13 N–H and O–H groups in total. The van der Waals surface area contributed by atoms with Crippen LogP contribution in [0.25, 0.3) is 0 Å². The maximum absolute atomic E-state index is 10.2. The van der Waals surface area contributed by atoms with Gasteiger partial charge in [-0.1, -0.05) is 0 Å². The van der Waals surface area contributed by atoms with Crippen LogP contribution in [0.1, 0.15) is 12.8 Å². The predicted molar refractivity (Wildman–Crippen MR) is 91.0 cm³/mol. The van der Waals surface area contributed by atoms with Gasteiger partial charge in [-0.25, -0.2) is 0 Å². The van der Waals surface area contributed by atoms with E-state index in [4.69, 9.17) is 52.9 Å². The Hall–Kier alpha value is -1.25. The van der Waals surface area contributed by atoms with Gasteiger partial charge >= 0.3 is 5.97 Å². The average molecular weight is 393 g/mol. The van der Waals surface area contributed by atoms with Crippen LogP contribution in [0.3, 0.4) is 0 Å². The number of nitrogens with two attached hydrogens (primary N) is 3. The van der Waals surface area contributed by atoms with E-state index < -0.39 is 49.6 Å². The van der Waals surface area contributed by atoms with Gasteiger partial charge in [0.1, 0.15) is 30.5 Å². The van der Waals surface area contributed by atoms with Crippen LogP contribution in [-0.4, -0.2) is 97.9 Å². The minimum atomic E-state index is -1.67. The summed E-state index contributed by atoms with van der Waals surface area (Å²) in [4.78, 5) is 13.9. The summed E-state index contributed by atoms with van der Waals surface area (Å²) in [6.45, 7) is -1.03. The van der Waals surface area contributed by atoms with Gasteiger partial charge in [-0.3, -0.25) is 9.79 Å². The number of carboxylic acid groups (broad SMARTS) is 1. The number of hydrogen-bond acceptors (Lipinski definition) is 9. The van der Waals surface area contributed by atoms with E-state index in [1.807, 2.05) is 0 Å². The number of aliphatic hydroxyl groups is 6. The Morgan fingerprint density at radius 1 is 0.960 bits per heavy atom. The van der Waals surface area contributed by atoms with Crippen LogP contribution in [0.4, 0.5) is 0 Å². The molecule has 152 valence electrons. The molecule has 0 fully saturated rings. The summed E-state index contributed by atoms with van der Waals surface area (Å²) in [7, 11) is 0. The highest BCUT2D eigenvalue weighted by Gasteiger charge is 2.29. The zero-order chi connectivity index (χ0) is 19.3. The lowest BCUT2D eigenvalue weighted by Crippen LogP contribution is -2.46. The molecule has 1 unspecified atom stereocenters. The SMILES string of the molecule is Cl.NC(N)=NCCCC(N)C(=O)O.OC[C@@H](O)[C@@H](O)[C@H](O)[C@@H](O)CO. The van der Waals surface area contributed by atoms with Crippen molar-refractivity contribution in [1.29, 1.82) is 0 Å². The molecule has 0 aliphatic carbocycles. The third-order valence-electron chi connectivity index (χ3n) is 2.80. The fourth-order valence-electron chi connectivity index (χ4n) is 1.31. The first-order chi connectivity index (χ1) is 11.1. The molecular formula is C12H29ClN4O8. The Morgan fingerprint density at radius 3 is 1.64 bits per heavy atom. The van der Waals surface area contributed by atoms with E-state index >= 15 is 0 Å². The molecule has 0 bridgehead atoms. The van der Waals surface area contributed by atoms with Crippen molar-refractivity contribution >= 4 is 24.3 Å². The molecule has 0 spiro atoms. The highest BCUT2D eigenvalue weighted by molar-refractivity contribution is 5.85. The van der Waals surface area contributed by atoms with Crippen LogP contribution in [0.2, 0.25) is 0 Å². The van der Waals surface area contributed by atoms with Gasteiger partial charge in [0.2, 0.25) is 0 Å². The number of rotatable bonds is 10. The van der Waals surface area contributed by atoms with E-state index in [9.17, 15) is 4.79 Å². The number of aliphatic hydroxyl groups excluding tert-OH is 6. The minimum Gasteiger partial charge on any atom is -0.480 e. The second-order valence-electron chi connectivity index (χ2n) is 4.87. The Morgan fingerprint density at radius 2 is 1.36 bits per heavy atom. The number of guanidine groups is 1. The fourth-order valence-corrected chi connectivity index (χ4v) is 1.31. The molecule has 0 radical (unpaired) electrons. The topological polar surface area (TPSA) is 249 Å². The zero-order valence-electron chi connectivity index (χ0n) is 13.5. The van der Waals surface area contributed by atoms with Gasteiger partial charge in [0.25, 0.3) is 0 Å². The summed E-state index contributed by atoms with van der Waals surface area (Å²) in [5.74, 6) is -0.987. The number of carbonyl (C=O) groups is 1. The van der Waals surface area contributed by atoms with Crippen molar-refractivity contribution in [1.82, 2.24) is 0 Å². The molecule has 0 heterocycles. The summed E-state index contributed by atoms with van der Waals surface area (Å²) in [5.41, 5.74) is 15.3. The normalized spacial score (nSPS) is 16.1. The van der Waals surface area contributed by atoms with Crippen LogP contribution in [0, 0.1) is 0 Å². The predicted octanol–water partition coefficient (Wildman–Crippen LogP) is -4.71. The highest BCUT2D eigenvalue weighted by atomic mass is 35.5. The third kappa shape index (κ3) is 14.8. The van der Waals surface area contributed by atoms with Gasteiger partial charge in [0, 0.05) is 6.54 Å². The lowest BCUT2D eigenvalue weighted by molar-refractivity contribution is -0.138. The Labute approximate surface area is 151 Å². The van der Waals surface area contributed by atoms with E-state index in [1.165, 1.54) is 0 Å². The largest absolute Gasteiger partial charge is 0.480 e. The van der Waals surface area contributed by atoms with Crippen molar-refractivity contribution in [3.63, 3.8) is 0 Å². The van der Waals surface area contributed by atoms with E-state index in [0.717, 1.165) is 0 Å². The standard InChI is InChI=1S/C6H14N4O2.C6H14O6.ClH/c7-4(5(11)12)2-1-3-10-6(8)9;7-1-3(9)5(11)6(12)4(10)2-8;/h4H,1-3,7H2,(H,11,12)(H4,8,9,10);3-12H,1-2H2;1H/t;3-,4+,5-,6-;/m.1./s1. The molecule has 5 atom stereocenters. The number of halogens is 1. The van der Waals surface area contributed by atoms with Crippen LogP contribution >= 0.6 is 12.4 Å². The summed E-state index contributed by atoms with van der Waals surface area (Å²) >= 11 is 0. The van der Waals surface area contributed by atoms with Crippen molar-refractivity contribution in [3.05, 3.63) is 0 Å². The number of carboxylic acids is 1. The minimum absolute atomic E-state index is 0. The van der Waals surface area contributed by atoms with Gasteiger partial charge in [0.05, 0.1) is 13.2 Å². The number of hydrogen-bond donors (Lipinski definition) is 10. The maximum atomic E-state index is 10.2. The van der Waals surface area contributed by atoms with Crippen molar-refractivity contribution in [3.8, 4) is 0 Å². The summed E-state index contributed by atoms with van der Waals surface area (Å²) in [6, 6.07) is -0.820. The van der Waals surface area contributed by atoms with Crippen molar-refractivity contribution < 1.29 is 40.5 Å². The molecule has 0 aliphatic heterocycles. The molecule has 0 saturated carbocycles. The molecular weight excluding hydrogens is 364 g/mol. The van der Waals surface area contributed by atoms with Crippen LogP contribution < -0.4 is 17.2 Å². The van der Waals surface area contributed by atoms with Gasteiger partial charge in [-0.2, -0.15) is 0 Å². The average Bonchev–Trinajstić information content (AvgIpc) is 2.55. The van der Waals surface area contributed by atoms with Crippen molar-refractivity contribution in [2.24, 2.45) is 22.2 Å². The molecule has 0 aromatic carbocycles. The monoisotopic (exact) mass is 392 g/mol. The molecule has 12 nitrogen and oxygen atoms in total. The van der Waals surface area contributed by atoms with Gasteiger partial charge in [-0.15, -0.1) is 12.4 Å². The summed E-state index contributed by atoms with van der Waals surface area (Å²) in [6.07, 6.45) is -5.44. The Balaban J connectivity index is -0.000000372. The molecule has 0 aliphatic rings.